The average Bonchev–Trinajstić information content (AvgIpc) is 2.41. The highest BCUT2D eigenvalue weighted by Gasteiger charge is 2.07. The van der Waals surface area contributed by atoms with E-state index >= 15 is 0 Å². The minimum Gasteiger partial charge on any atom is -0.456 e. The summed E-state index contributed by atoms with van der Waals surface area (Å²) in [6.45, 7) is 3.86. The predicted molar refractivity (Wildman–Crippen MR) is 80.7 cm³/mol. The lowest BCUT2D eigenvalue weighted by Gasteiger charge is -2.11. The highest BCUT2D eigenvalue weighted by Crippen LogP contribution is 2.32. The molecule has 0 amide bonds. The second-order valence-electron chi connectivity index (χ2n) is 4.47. The monoisotopic (exact) mass is 320 g/mol. The zero-order chi connectivity index (χ0) is 13.8. The molecule has 0 radical (unpaired) electrons. The van der Waals surface area contributed by atoms with Crippen molar-refractivity contribution >= 4 is 15.9 Å². The molecule has 0 fully saturated rings. The number of benzene rings is 2. The van der Waals surface area contributed by atoms with Crippen molar-refractivity contribution in [3.63, 3.8) is 0 Å². The van der Waals surface area contributed by atoms with Crippen LogP contribution in [0.25, 0.3) is 0 Å². The Labute approximate surface area is 122 Å². The third-order valence-corrected chi connectivity index (χ3v) is 3.59. The van der Waals surface area contributed by atoms with Crippen LogP contribution in [0.1, 0.15) is 31.1 Å². The first-order valence-electron chi connectivity index (χ1n) is 6.34. The molecule has 1 atom stereocenters. The maximum atomic E-state index is 9.54. The van der Waals surface area contributed by atoms with Crippen molar-refractivity contribution in [3.05, 3.63) is 58.1 Å². The van der Waals surface area contributed by atoms with E-state index in [0.29, 0.717) is 0 Å². The average molecular weight is 321 g/mol. The minimum absolute atomic E-state index is 0.478. The van der Waals surface area contributed by atoms with Gasteiger partial charge in [-0.2, -0.15) is 0 Å². The molecule has 2 aromatic rings. The smallest absolute Gasteiger partial charge is 0.141 e. The van der Waals surface area contributed by atoms with Gasteiger partial charge >= 0.3 is 0 Å². The van der Waals surface area contributed by atoms with Gasteiger partial charge in [-0.05, 0) is 64.7 Å². The third-order valence-electron chi connectivity index (χ3n) is 2.97. The van der Waals surface area contributed by atoms with E-state index in [4.69, 9.17) is 4.74 Å². The molecule has 0 saturated heterocycles. The molecule has 3 heteroatoms. The van der Waals surface area contributed by atoms with Crippen molar-refractivity contribution in [3.8, 4) is 11.5 Å². The van der Waals surface area contributed by atoms with Crippen molar-refractivity contribution in [1.82, 2.24) is 0 Å². The molecular weight excluding hydrogens is 304 g/mol. The van der Waals surface area contributed by atoms with Gasteiger partial charge in [0.1, 0.15) is 11.5 Å². The quantitative estimate of drug-likeness (QED) is 0.871. The fourth-order valence-electron chi connectivity index (χ4n) is 1.82. The summed E-state index contributed by atoms with van der Waals surface area (Å²) >= 11 is 3.47. The molecule has 0 saturated carbocycles. The molecule has 0 aromatic heterocycles. The lowest BCUT2D eigenvalue weighted by Crippen LogP contribution is -1.92. The zero-order valence-corrected chi connectivity index (χ0v) is 12.6. The number of hydrogen-bond acceptors (Lipinski definition) is 2. The number of aliphatic hydroxyl groups is 1. The number of aliphatic hydroxyl groups excluding tert-OH is 1. The molecule has 0 heterocycles. The molecule has 0 unspecified atom stereocenters. The molecule has 0 aliphatic heterocycles. The van der Waals surface area contributed by atoms with Gasteiger partial charge < -0.3 is 9.84 Å². The van der Waals surface area contributed by atoms with Crippen LogP contribution < -0.4 is 4.74 Å². The largest absolute Gasteiger partial charge is 0.456 e. The summed E-state index contributed by atoms with van der Waals surface area (Å²) in [6, 6.07) is 13.7. The summed E-state index contributed by atoms with van der Waals surface area (Å²) in [5.74, 6) is 1.57. The topological polar surface area (TPSA) is 29.5 Å². The van der Waals surface area contributed by atoms with Gasteiger partial charge in [-0.3, -0.25) is 0 Å². The fourth-order valence-corrected chi connectivity index (χ4v) is 2.29. The first-order chi connectivity index (χ1) is 9.10. The molecule has 0 bridgehead atoms. The van der Waals surface area contributed by atoms with Crippen LogP contribution in [0.4, 0.5) is 0 Å². The van der Waals surface area contributed by atoms with Crippen LogP contribution >= 0.6 is 15.9 Å². The van der Waals surface area contributed by atoms with Gasteiger partial charge in [0, 0.05) is 0 Å². The van der Waals surface area contributed by atoms with E-state index in [1.165, 1.54) is 5.56 Å². The first-order valence-corrected chi connectivity index (χ1v) is 7.13. The molecule has 19 heavy (non-hydrogen) atoms. The van der Waals surface area contributed by atoms with Gasteiger partial charge in [-0.1, -0.05) is 25.1 Å². The Hall–Kier alpha value is -1.32. The maximum absolute atomic E-state index is 9.54. The molecule has 2 nitrogen and oxygen atoms in total. The zero-order valence-electron chi connectivity index (χ0n) is 11.1. The third kappa shape index (κ3) is 3.58. The van der Waals surface area contributed by atoms with E-state index in [0.717, 1.165) is 28.0 Å². The molecule has 1 N–H and O–H groups in total. The van der Waals surface area contributed by atoms with E-state index in [2.05, 4.69) is 28.9 Å². The lowest BCUT2D eigenvalue weighted by molar-refractivity contribution is 0.199. The Morgan fingerprint density at radius 3 is 2.63 bits per heavy atom. The Balaban J connectivity index is 2.23. The Kier molecular flexibility index (Phi) is 4.61. The van der Waals surface area contributed by atoms with E-state index in [1.807, 2.05) is 36.4 Å². The van der Waals surface area contributed by atoms with E-state index in [1.54, 1.807) is 6.92 Å². The van der Waals surface area contributed by atoms with Crippen LogP contribution in [0.5, 0.6) is 11.5 Å². The minimum atomic E-state index is -0.478. The van der Waals surface area contributed by atoms with Gasteiger partial charge in [0.25, 0.3) is 0 Å². The van der Waals surface area contributed by atoms with E-state index in [-0.39, 0.29) is 0 Å². The van der Waals surface area contributed by atoms with E-state index in [9.17, 15) is 5.11 Å². The predicted octanol–water partition coefficient (Wildman–Crippen LogP) is 4.86. The van der Waals surface area contributed by atoms with Crippen molar-refractivity contribution in [2.24, 2.45) is 0 Å². The summed E-state index contributed by atoms with van der Waals surface area (Å²) < 4.78 is 6.70. The number of hydrogen-bond donors (Lipinski definition) is 1. The molecule has 0 aliphatic carbocycles. The van der Waals surface area contributed by atoms with Gasteiger partial charge in [0.2, 0.25) is 0 Å². The summed E-state index contributed by atoms with van der Waals surface area (Å²) in [4.78, 5) is 0. The van der Waals surface area contributed by atoms with Crippen LogP contribution in [0.15, 0.2) is 46.9 Å². The van der Waals surface area contributed by atoms with Crippen molar-refractivity contribution < 1.29 is 9.84 Å². The molecule has 0 aliphatic rings. The second-order valence-corrected chi connectivity index (χ2v) is 5.32. The summed E-state index contributed by atoms with van der Waals surface area (Å²) in [6.07, 6.45) is 0.507. The van der Waals surface area contributed by atoms with Crippen molar-refractivity contribution in [2.45, 2.75) is 26.4 Å². The standard InChI is InChI=1S/C16H17BrO2/c1-3-12-5-4-6-14(9-12)19-16-8-7-13(11(2)18)10-15(16)17/h4-11,18H,3H2,1-2H3/t11-/m0/s1. The van der Waals surface area contributed by atoms with Crippen LogP contribution in [0, 0.1) is 0 Å². The molecular formula is C16H17BrO2. The molecule has 2 aromatic carbocycles. The highest BCUT2D eigenvalue weighted by molar-refractivity contribution is 9.10. The number of ether oxygens (including phenoxy) is 1. The van der Waals surface area contributed by atoms with Crippen LogP contribution in [0.3, 0.4) is 0 Å². The fraction of sp³-hybridized carbons (Fsp3) is 0.250. The summed E-state index contributed by atoms with van der Waals surface area (Å²) in [5, 5.41) is 9.54. The Bertz CT molecular complexity index is 564. The van der Waals surface area contributed by atoms with Gasteiger partial charge in [0.15, 0.2) is 0 Å². The normalized spacial score (nSPS) is 12.2. The Morgan fingerprint density at radius 1 is 1.21 bits per heavy atom. The van der Waals surface area contributed by atoms with Gasteiger partial charge in [0.05, 0.1) is 10.6 Å². The SMILES string of the molecule is CCc1cccc(Oc2ccc([C@H](C)O)cc2Br)c1. The van der Waals surface area contributed by atoms with Crippen molar-refractivity contribution in [2.75, 3.05) is 0 Å². The maximum Gasteiger partial charge on any atom is 0.141 e. The highest BCUT2D eigenvalue weighted by atomic mass is 79.9. The molecule has 0 spiro atoms. The second kappa shape index (κ2) is 6.22. The lowest BCUT2D eigenvalue weighted by atomic mass is 10.1. The van der Waals surface area contributed by atoms with Crippen molar-refractivity contribution in [1.29, 1.82) is 0 Å². The summed E-state index contributed by atoms with van der Waals surface area (Å²) in [5.41, 5.74) is 2.11. The number of rotatable bonds is 4. The summed E-state index contributed by atoms with van der Waals surface area (Å²) in [7, 11) is 0. The number of aryl methyl sites for hydroxylation is 1. The van der Waals surface area contributed by atoms with Crippen LogP contribution in [-0.4, -0.2) is 5.11 Å². The van der Waals surface area contributed by atoms with Gasteiger partial charge in [-0.15, -0.1) is 0 Å². The van der Waals surface area contributed by atoms with Crippen LogP contribution in [-0.2, 0) is 6.42 Å². The Morgan fingerprint density at radius 2 is 2.00 bits per heavy atom. The molecule has 2 rings (SSSR count). The van der Waals surface area contributed by atoms with Gasteiger partial charge in [-0.25, -0.2) is 0 Å². The first kappa shape index (κ1) is 14.1. The van der Waals surface area contributed by atoms with Crippen LogP contribution in [0.2, 0.25) is 0 Å². The van der Waals surface area contributed by atoms with E-state index < -0.39 is 6.10 Å². The molecule has 100 valence electrons. The number of halogens is 1.